The first-order valence-corrected chi connectivity index (χ1v) is 11.9. The summed E-state index contributed by atoms with van der Waals surface area (Å²) >= 11 is 0. The molecule has 3 rings (SSSR count). The number of piperidine rings is 1. The summed E-state index contributed by atoms with van der Waals surface area (Å²) in [6.07, 6.45) is 8.04. The van der Waals surface area contributed by atoms with Crippen molar-refractivity contribution in [3.63, 3.8) is 0 Å². The van der Waals surface area contributed by atoms with E-state index in [1.54, 1.807) is 24.3 Å². The maximum atomic E-state index is 13.1. The van der Waals surface area contributed by atoms with Crippen LogP contribution in [-0.2, 0) is 14.4 Å². The number of aliphatic carboxylic acids is 2. The number of rotatable bonds is 12. The number of hydrogen-bond donors (Lipinski definition) is 4. The Morgan fingerprint density at radius 3 is 2.58 bits per heavy atom. The fraction of sp³-hybridized carbons (Fsp3) is 0.625. The van der Waals surface area contributed by atoms with E-state index in [1.807, 2.05) is 0 Å². The molecule has 182 valence electrons. The Morgan fingerprint density at radius 2 is 1.85 bits per heavy atom. The molecule has 9 nitrogen and oxygen atoms in total. The zero-order chi connectivity index (χ0) is 23.6. The average molecular weight is 462 g/mol. The van der Waals surface area contributed by atoms with Gasteiger partial charge < -0.3 is 20.3 Å². The summed E-state index contributed by atoms with van der Waals surface area (Å²) in [5, 5.41) is 25.3. The Balaban J connectivity index is 1.51. The monoisotopic (exact) mass is 461 g/mol. The number of nitrogens with zero attached hydrogens (tertiary/aromatic N) is 1. The quantitative estimate of drug-likeness (QED) is 0.349. The van der Waals surface area contributed by atoms with Crippen LogP contribution in [0.1, 0.15) is 51.4 Å². The minimum atomic E-state index is -1.15. The van der Waals surface area contributed by atoms with E-state index in [-0.39, 0.29) is 6.61 Å². The molecule has 0 aliphatic carbocycles. The van der Waals surface area contributed by atoms with Gasteiger partial charge in [0.1, 0.15) is 31.0 Å². The van der Waals surface area contributed by atoms with Crippen LogP contribution in [0.25, 0.3) is 0 Å². The van der Waals surface area contributed by atoms with Crippen LogP contribution in [0.3, 0.4) is 0 Å². The van der Waals surface area contributed by atoms with Crippen LogP contribution in [0.15, 0.2) is 24.3 Å². The van der Waals surface area contributed by atoms with Crippen molar-refractivity contribution in [2.75, 3.05) is 31.1 Å². The molecular weight excluding hydrogens is 426 g/mol. The standard InChI is InChI=1S/C24H35N3O6/c28-22(29)15-27-20-9-5-6-10-21(20)33-16-19(23(27)30)26-18(24(31)32)8-4-2-1-3-7-17-11-13-25-14-12-17/h5-6,9-10,17-19,25-26H,1-4,7-8,11-16H2,(H,28,29)(H,31,32)/t18-,19-/m0/s1. The Morgan fingerprint density at radius 1 is 1.12 bits per heavy atom. The summed E-state index contributed by atoms with van der Waals surface area (Å²) in [5.41, 5.74) is 0.370. The molecule has 1 saturated heterocycles. The van der Waals surface area contributed by atoms with E-state index in [9.17, 15) is 24.6 Å². The molecule has 0 aromatic heterocycles. The third kappa shape index (κ3) is 7.43. The molecule has 0 unspecified atom stereocenters. The second-order valence-corrected chi connectivity index (χ2v) is 8.89. The smallest absolute Gasteiger partial charge is 0.323 e. The van der Waals surface area contributed by atoms with E-state index in [1.165, 1.54) is 19.3 Å². The summed E-state index contributed by atoms with van der Waals surface area (Å²) in [6.45, 7) is 1.63. The van der Waals surface area contributed by atoms with Gasteiger partial charge in [-0.2, -0.15) is 0 Å². The molecule has 1 aromatic rings. The lowest BCUT2D eigenvalue weighted by molar-refractivity contribution is -0.141. The van der Waals surface area contributed by atoms with Crippen molar-refractivity contribution in [3.05, 3.63) is 24.3 Å². The number of para-hydroxylation sites is 2. The van der Waals surface area contributed by atoms with E-state index in [4.69, 9.17) is 4.74 Å². The number of carboxylic acids is 2. The fourth-order valence-electron chi connectivity index (χ4n) is 4.60. The first kappa shape index (κ1) is 25.0. The Hall–Kier alpha value is -2.65. The van der Waals surface area contributed by atoms with E-state index in [0.717, 1.165) is 49.6 Å². The van der Waals surface area contributed by atoms with Crippen LogP contribution >= 0.6 is 0 Å². The van der Waals surface area contributed by atoms with Crippen LogP contribution in [-0.4, -0.2) is 66.4 Å². The van der Waals surface area contributed by atoms with Gasteiger partial charge in [0, 0.05) is 0 Å². The Bertz CT molecular complexity index is 811. The molecular formula is C24H35N3O6. The van der Waals surface area contributed by atoms with Gasteiger partial charge in [0.25, 0.3) is 0 Å². The molecule has 9 heteroatoms. The average Bonchev–Trinajstić information content (AvgIpc) is 2.93. The fourth-order valence-corrected chi connectivity index (χ4v) is 4.60. The lowest BCUT2D eigenvalue weighted by Gasteiger charge is -2.25. The third-order valence-corrected chi connectivity index (χ3v) is 6.43. The number of ether oxygens (including phenoxy) is 1. The molecule has 2 aliphatic heterocycles. The minimum absolute atomic E-state index is 0.0635. The highest BCUT2D eigenvalue weighted by Gasteiger charge is 2.35. The van der Waals surface area contributed by atoms with Gasteiger partial charge in [0.15, 0.2) is 0 Å². The van der Waals surface area contributed by atoms with Crippen molar-refractivity contribution in [2.45, 2.75) is 63.5 Å². The first-order valence-electron chi connectivity index (χ1n) is 11.9. The van der Waals surface area contributed by atoms with Crippen molar-refractivity contribution in [1.29, 1.82) is 0 Å². The highest BCUT2D eigenvalue weighted by Crippen LogP contribution is 2.31. The number of carbonyl (C=O) groups excluding carboxylic acids is 1. The maximum Gasteiger partial charge on any atom is 0.323 e. The molecule has 0 bridgehead atoms. The van der Waals surface area contributed by atoms with Gasteiger partial charge in [-0.1, -0.05) is 44.2 Å². The number of hydrogen-bond acceptors (Lipinski definition) is 6. The van der Waals surface area contributed by atoms with Crippen LogP contribution in [0.2, 0.25) is 0 Å². The molecule has 1 amide bonds. The number of nitrogens with one attached hydrogen (secondary N) is 2. The van der Waals surface area contributed by atoms with Crippen molar-refractivity contribution >= 4 is 23.5 Å². The number of anilines is 1. The molecule has 4 N–H and O–H groups in total. The summed E-state index contributed by atoms with van der Waals surface area (Å²) in [4.78, 5) is 37.4. The van der Waals surface area contributed by atoms with Crippen molar-refractivity contribution < 1.29 is 29.3 Å². The predicted octanol–water partition coefficient (Wildman–Crippen LogP) is 2.25. The highest BCUT2D eigenvalue weighted by atomic mass is 16.5. The number of carboxylic acid groups (broad SMARTS) is 2. The van der Waals surface area contributed by atoms with Crippen molar-refractivity contribution in [1.82, 2.24) is 10.6 Å². The summed E-state index contributed by atoms with van der Waals surface area (Å²) < 4.78 is 5.72. The predicted molar refractivity (Wildman–Crippen MR) is 124 cm³/mol. The van der Waals surface area contributed by atoms with Gasteiger partial charge in [-0.15, -0.1) is 0 Å². The Kier molecular flexibility index (Phi) is 9.50. The second-order valence-electron chi connectivity index (χ2n) is 8.89. The zero-order valence-corrected chi connectivity index (χ0v) is 19.0. The van der Waals surface area contributed by atoms with Gasteiger partial charge in [-0.05, 0) is 50.4 Å². The highest BCUT2D eigenvalue weighted by molar-refractivity contribution is 6.02. The molecule has 1 aromatic carbocycles. The number of amides is 1. The van der Waals surface area contributed by atoms with E-state index in [2.05, 4.69) is 10.6 Å². The number of carbonyl (C=O) groups is 3. The van der Waals surface area contributed by atoms with Crippen LogP contribution in [0.5, 0.6) is 5.75 Å². The molecule has 1 fully saturated rings. The maximum absolute atomic E-state index is 13.1. The third-order valence-electron chi connectivity index (χ3n) is 6.43. The zero-order valence-electron chi connectivity index (χ0n) is 19.0. The molecule has 0 radical (unpaired) electrons. The molecule has 2 aliphatic rings. The van der Waals surface area contributed by atoms with Crippen LogP contribution in [0, 0.1) is 5.92 Å². The number of fused-ring (bicyclic) bond motifs is 1. The molecule has 0 saturated carbocycles. The van der Waals surface area contributed by atoms with Gasteiger partial charge in [-0.3, -0.25) is 24.6 Å². The summed E-state index contributed by atoms with van der Waals surface area (Å²) in [7, 11) is 0. The van der Waals surface area contributed by atoms with E-state index < -0.39 is 36.5 Å². The lowest BCUT2D eigenvalue weighted by Crippen LogP contribution is -2.54. The molecule has 2 atom stereocenters. The Labute approximate surface area is 194 Å². The SMILES string of the molecule is O=C(O)CN1C(=O)[C@@H](N[C@@H](CCCCCCC2CCNCC2)C(=O)O)COc2ccccc21. The molecule has 0 spiro atoms. The first-order chi connectivity index (χ1) is 16.0. The lowest BCUT2D eigenvalue weighted by atomic mass is 9.92. The topological polar surface area (TPSA) is 128 Å². The van der Waals surface area contributed by atoms with Gasteiger partial charge in [0.2, 0.25) is 5.91 Å². The van der Waals surface area contributed by atoms with Crippen LogP contribution in [0.4, 0.5) is 5.69 Å². The van der Waals surface area contributed by atoms with Gasteiger partial charge >= 0.3 is 11.9 Å². The van der Waals surface area contributed by atoms with Crippen molar-refractivity contribution in [2.24, 2.45) is 5.92 Å². The summed E-state index contributed by atoms with van der Waals surface area (Å²) in [6, 6.07) is 4.87. The molecule has 33 heavy (non-hydrogen) atoms. The molecule has 2 heterocycles. The normalized spacial score (nSPS) is 19.9. The van der Waals surface area contributed by atoms with E-state index in [0.29, 0.717) is 17.9 Å². The van der Waals surface area contributed by atoms with Gasteiger partial charge in [0.05, 0.1) is 5.69 Å². The van der Waals surface area contributed by atoms with E-state index >= 15 is 0 Å². The number of benzene rings is 1. The van der Waals surface area contributed by atoms with Gasteiger partial charge in [-0.25, -0.2) is 0 Å². The number of unbranched alkanes of at least 4 members (excludes halogenated alkanes) is 3. The minimum Gasteiger partial charge on any atom is -0.489 e. The van der Waals surface area contributed by atoms with Crippen molar-refractivity contribution in [3.8, 4) is 5.75 Å². The summed E-state index contributed by atoms with van der Waals surface area (Å²) in [5.74, 6) is -1.48. The largest absolute Gasteiger partial charge is 0.489 e. The van der Waals surface area contributed by atoms with Crippen LogP contribution < -0.4 is 20.3 Å². The second kappa shape index (κ2) is 12.6.